The van der Waals surface area contributed by atoms with E-state index in [9.17, 15) is 0 Å². The highest BCUT2D eigenvalue weighted by atomic mass is 79.9. The normalized spacial score (nSPS) is 37.3. The van der Waals surface area contributed by atoms with Gasteiger partial charge in [-0.3, -0.25) is 0 Å². The molecule has 0 aromatic heterocycles. The summed E-state index contributed by atoms with van der Waals surface area (Å²) in [5, 5.41) is 0. The molecule has 0 heterocycles. The molecule has 2 atom stereocenters. The van der Waals surface area contributed by atoms with Gasteiger partial charge in [0.15, 0.2) is 0 Å². The summed E-state index contributed by atoms with van der Waals surface area (Å²) >= 11 is 7.16. The molecule has 0 aromatic carbocycles. The maximum atomic E-state index is 3.58. The van der Waals surface area contributed by atoms with Crippen LogP contribution in [0, 0.1) is 11.8 Å². The van der Waals surface area contributed by atoms with Crippen LogP contribution in [-0.4, -0.2) is 3.74 Å². The molecule has 2 rings (SSSR count). The second-order valence-corrected chi connectivity index (χ2v) is 6.46. The van der Waals surface area contributed by atoms with Crippen LogP contribution in [0.1, 0.15) is 19.3 Å². The number of rotatable bonds is 1. The molecule has 0 N–H and O–H groups in total. The zero-order valence-electron chi connectivity index (χ0n) is 5.69. The summed E-state index contributed by atoms with van der Waals surface area (Å²) in [5.74, 6) is 1.77. The van der Waals surface area contributed by atoms with Gasteiger partial charge < -0.3 is 0 Å². The van der Waals surface area contributed by atoms with Crippen LogP contribution < -0.4 is 0 Å². The van der Waals surface area contributed by atoms with Crippen molar-refractivity contribution < 1.29 is 0 Å². The molecule has 0 saturated heterocycles. The molecule has 2 aliphatic carbocycles. The molecule has 1 fully saturated rings. The standard InChI is InChI=1S/C8H10Br2/c9-8(10)7-4-5-1-2-6(7)3-5/h2,5,7-8H,1,3-4H2. The van der Waals surface area contributed by atoms with Gasteiger partial charge in [0.1, 0.15) is 0 Å². The summed E-state index contributed by atoms with van der Waals surface area (Å²) < 4.78 is 0.511. The second kappa shape index (κ2) is 2.63. The Morgan fingerprint density at radius 3 is 2.60 bits per heavy atom. The lowest BCUT2D eigenvalue weighted by atomic mass is 9.98. The van der Waals surface area contributed by atoms with Crippen LogP contribution in [0.4, 0.5) is 0 Å². The molecule has 2 heteroatoms. The van der Waals surface area contributed by atoms with Crippen molar-refractivity contribution in [2.45, 2.75) is 23.0 Å². The number of halogens is 2. The lowest BCUT2D eigenvalue weighted by Crippen LogP contribution is -2.08. The predicted octanol–water partition coefficient (Wildman–Crippen LogP) is 3.46. The van der Waals surface area contributed by atoms with E-state index >= 15 is 0 Å². The fraction of sp³-hybridized carbons (Fsp3) is 0.750. The lowest BCUT2D eigenvalue weighted by Gasteiger charge is -2.16. The number of hydrogen-bond donors (Lipinski definition) is 0. The number of allylic oxidation sites excluding steroid dienone is 2. The van der Waals surface area contributed by atoms with Gasteiger partial charge >= 0.3 is 0 Å². The molecular formula is C8H10Br2. The Labute approximate surface area is 78.3 Å². The van der Waals surface area contributed by atoms with Crippen molar-refractivity contribution in [3.05, 3.63) is 11.6 Å². The largest absolute Gasteiger partial charge is 0.0847 e. The Hall–Kier alpha value is 0.700. The third-order valence-corrected chi connectivity index (χ3v) is 3.88. The molecule has 2 bridgehead atoms. The molecule has 0 amide bonds. The Kier molecular flexibility index (Phi) is 1.94. The quantitative estimate of drug-likeness (QED) is 0.503. The van der Waals surface area contributed by atoms with Crippen molar-refractivity contribution in [2.75, 3.05) is 0 Å². The van der Waals surface area contributed by atoms with Crippen LogP contribution in [-0.2, 0) is 0 Å². The van der Waals surface area contributed by atoms with Gasteiger partial charge in [0.2, 0.25) is 0 Å². The van der Waals surface area contributed by atoms with E-state index in [1.165, 1.54) is 19.3 Å². The van der Waals surface area contributed by atoms with Gasteiger partial charge in [-0.05, 0) is 25.2 Å². The Morgan fingerprint density at radius 2 is 2.30 bits per heavy atom. The van der Waals surface area contributed by atoms with E-state index in [0.29, 0.717) is 3.74 Å². The van der Waals surface area contributed by atoms with E-state index in [1.807, 2.05) is 0 Å². The minimum absolute atomic E-state index is 0.511. The van der Waals surface area contributed by atoms with Gasteiger partial charge in [-0.1, -0.05) is 43.5 Å². The monoisotopic (exact) mass is 264 g/mol. The smallest absolute Gasteiger partial charge is 0.0763 e. The number of fused-ring (bicyclic) bond motifs is 2. The summed E-state index contributed by atoms with van der Waals surface area (Å²) in [4.78, 5) is 0. The molecule has 0 spiro atoms. The van der Waals surface area contributed by atoms with Crippen LogP contribution in [0.5, 0.6) is 0 Å². The average molecular weight is 266 g/mol. The summed E-state index contributed by atoms with van der Waals surface area (Å²) in [7, 11) is 0. The molecule has 1 saturated carbocycles. The third kappa shape index (κ3) is 1.10. The van der Waals surface area contributed by atoms with Crippen LogP contribution in [0.15, 0.2) is 11.6 Å². The van der Waals surface area contributed by atoms with Crippen molar-refractivity contribution >= 4 is 31.9 Å². The Bertz CT molecular complexity index is 172. The molecule has 10 heavy (non-hydrogen) atoms. The Morgan fingerprint density at radius 1 is 1.50 bits per heavy atom. The zero-order valence-corrected chi connectivity index (χ0v) is 8.86. The predicted molar refractivity (Wildman–Crippen MR) is 50.6 cm³/mol. The fourth-order valence-corrected chi connectivity index (χ4v) is 3.19. The SMILES string of the molecule is BrC(Br)C1CC2CC=C1C2. The van der Waals surface area contributed by atoms with E-state index in [1.54, 1.807) is 5.57 Å². The van der Waals surface area contributed by atoms with Gasteiger partial charge in [-0.25, -0.2) is 0 Å². The van der Waals surface area contributed by atoms with Crippen molar-refractivity contribution in [3.8, 4) is 0 Å². The van der Waals surface area contributed by atoms with Crippen LogP contribution >= 0.6 is 31.9 Å². The maximum Gasteiger partial charge on any atom is 0.0763 e. The van der Waals surface area contributed by atoms with Gasteiger partial charge in [-0.2, -0.15) is 0 Å². The molecule has 2 unspecified atom stereocenters. The first-order chi connectivity index (χ1) is 4.77. The maximum absolute atomic E-state index is 3.58. The average Bonchev–Trinajstić information content (AvgIpc) is 2.44. The van der Waals surface area contributed by atoms with Crippen molar-refractivity contribution in [2.24, 2.45) is 11.8 Å². The van der Waals surface area contributed by atoms with E-state index in [0.717, 1.165) is 11.8 Å². The molecule has 0 radical (unpaired) electrons. The van der Waals surface area contributed by atoms with Crippen LogP contribution in [0.25, 0.3) is 0 Å². The minimum Gasteiger partial charge on any atom is -0.0847 e. The second-order valence-electron chi connectivity index (χ2n) is 3.26. The van der Waals surface area contributed by atoms with Crippen molar-refractivity contribution in [3.63, 3.8) is 0 Å². The molecule has 0 aromatic rings. The molecule has 0 aliphatic heterocycles. The Balaban J connectivity index is 2.14. The van der Waals surface area contributed by atoms with Crippen LogP contribution in [0.3, 0.4) is 0 Å². The third-order valence-electron chi connectivity index (χ3n) is 2.61. The summed E-state index contributed by atoms with van der Waals surface area (Å²) in [6.45, 7) is 0. The first-order valence-corrected chi connectivity index (χ1v) is 5.57. The van der Waals surface area contributed by atoms with E-state index in [2.05, 4.69) is 37.9 Å². The van der Waals surface area contributed by atoms with E-state index < -0.39 is 0 Å². The molecular weight excluding hydrogens is 256 g/mol. The minimum atomic E-state index is 0.511. The van der Waals surface area contributed by atoms with E-state index in [-0.39, 0.29) is 0 Å². The highest BCUT2D eigenvalue weighted by molar-refractivity contribution is 9.24. The zero-order chi connectivity index (χ0) is 7.14. The topological polar surface area (TPSA) is 0 Å². The lowest BCUT2D eigenvalue weighted by molar-refractivity contribution is 0.515. The summed E-state index contributed by atoms with van der Waals surface area (Å²) in [5.41, 5.74) is 1.68. The summed E-state index contributed by atoms with van der Waals surface area (Å²) in [6, 6.07) is 0. The first kappa shape index (κ1) is 7.35. The van der Waals surface area contributed by atoms with Gasteiger partial charge in [-0.15, -0.1) is 0 Å². The number of hydrogen-bond acceptors (Lipinski definition) is 0. The van der Waals surface area contributed by atoms with Crippen molar-refractivity contribution in [1.82, 2.24) is 0 Å². The molecule has 0 nitrogen and oxygen atoms in total. The summed E-state index contributed by atoms with van der Waals surface area (Å²) in [6.07, 6.45) is 6.54. The number of alkyl halides is 2. The van der Waals surface area contributed by atoms with Crippen LogP contribution in [0.2, 0.25) is 0 Å². The van der Waals surface area contributed by atoms with Gasteiger partial charge in [0.25, 0.3) is 0 Å². The highest BCUT2D eigenvalue weighted by Crippen LogP contribution is 2.48. The van der Waals surface area contributed by atoms with Gasteiger partial charge in [0, 0.05) is 5.92 Å². The highest BCUT2D eigenvalue weighted by Gasteiger charge is 2.35. The fourth-order valence-electron chi connectivity index (χ4n) is 2.08. The molecule has 2 aliphatic rings. The molecule has 56 valence electrons. The first-order valence-electron chi connectivity index (χ1n) is 3.74. The van der Waals surface area contributed by atoms with E-state index in [4.69, 9.17) is 0 Å². The van der Waals surface area contributed by atoms with Crippen molar-refractivity contribution in [1.29, 1.82) is 0 Å². The van der Waals surface area contributed by atoms with Gasteiger partial charge in [0.05, 0.1) is 3.74 Å².